The van der Waals surface area contributed by atoms with Crippen LogP contribution in [-0.4, -0.2) is 44.1 Å². The summed E-state index contributed by atoms with van der Waals surface area (Å²) in [5.41, 5.74) is 2.33. The second-order valence-electron chi connectivity index (χ2n) is 6.85. The van der Waals surface area contributed by atoms with E-state index < -0.39 is 9.84 Å². The van der Waals surface area contributed by atoms with Crippen LogP contribution in [-0.2, 0) is 27.6 Å². The average molecular weight is 351 g/mol. The lowest BCUT2D eigenvalue weighted by Crippen LogP contribution is -2.36. The number of hydrogen-bond donors (Lipinski definition) is 0. The van der Waals surface area contributed by atoms with Crippen LogP contribution in [0.2, 0.25) is 0 Å². The van der Waals surface area contributed by atoms with E-state index in [-0.39, 0.29) is 30.1 Å². The van der Waals surface area contributed by atoms with Crippen molar-refractivity contribution in [2.24, 2.45) is 5.92 Å². The molecule has 0 spiro atoms. The van der Waals surface area contributed by atoms with Crippen LogP contribution in [0.15, 0.2) is 12.1 Å². The van der Waals surface area contributed by atoms with Crippen LogP contribution in [0.3, 0.4) is 0 Å². The zero-order valence-electron chi connectivity index (χ0n) is 13.5. The molecule has 1 unspecified atom stereocenters. The van der Waals surface area contributed by atoms with Crippen LogP contribution in [0.5, 0.6) is 11.5 Å². The summed E-state index contributed by atoms with van der Waals surface area (Å²) in [6, 6.07) is 3.99. The smallest absolute Gasteiger partial charge is 0.231 e. The van der Waals surface area contributed by atoms with E-state index in [4.69, 9.17) is 9.47 Å². The molecule has 3 heterocycles. The molecule has 0 radical (unpaired) electrons. The molecular weight excluding hydrogens is 330 g/mol. The maximum atomic E-state index is 12.5. The largest absolute Gasteiger partial charge is 0.454 e. The molecule has 0 aromatic heterocycles. The molecule has 1 fully saturated rings. The van der Waals surface area contributed by atoms with Crippen molar-refractivity contribution in [3.8, 4) is 11.5 Å². The van der Waals surface area contributed by atoms with E-state index in [0.717, 1.165) is 23.5 Å². The molecule has 4 rings (SSSR count). The van der Waals surface area contributed by atoms with E-state index in [1.165, 1.54) is 5.56 Å². The molecule has 24 heavy (non-hydrogen) atoms. The van der Waals surface area contributed by atoms with Gasteiger partial charge in [0.2, 0.25) is 12.7 Å². The summed E-state index contributed by atoms with van der Waals surface area (Å²) in [7, 11) is -2.86. The van der Waals surface area contributed by atoms with Crippen molar-refractivity contribution in [3.05, 3.63) is 23.3 Å². The van der Waals surface area contributed by atoms with Crippen molar-refractivity contribution < 1.29 is 22.7 Å². The van der Waals surface area contributed by atoms with Gasteiger partial charge in [-0.2, -0.15) is 0 Å². The van der Waals surface area contributed by atoms with Gasteiger partial charge in [0.25, 0.3) is 0 Å². The molecule has 7 heteroatoms. The fourth-order valence-electron chi connectivity index (χ4n) is 3.74. The third-order valence-corrected chi connectivity index (χ3v) is 6.99. The van der Waals surface area contributed by atoms with Gasteiger partial charge in [-0.3, -0.25) is 4.79 Å². The van der Waals surface area contributed by atoms with Crippen LogP contribution < -0.4 is 9.47 Å². The minimum atomic E-state index is -2.86. The van der Waals surface area contributed by atoms with Crippen molar-refractivity contribution in [2.45, 2.75) is 32.2 Å². The number of fused-ring (bicyclic) bond motifs is 2. The second-order valence-corrected chi connectivity index (χ2v) is 9.08. The first-order valence-corrected chi connectivity index (χ1v) is 10.2. The molecule has 0 bridgehead atoms. The third kappa shape index (κ3) is 3.09. The summed E-state index contributed by atoms with van der Waals surface area (Å²) in [6.45, 7) is 1.55. The summed E-state index contributed by atoms with van der Waals surface area (Å²) in [4.78, 5) is 14.3. The number of rotatable bonds is 3. The minimum absolute atomic E-state index is 0.114. The molecule has 1 saturated heterocycles. The standard InChI is InChI=1S/C17H21NO5S/c19-17(2-1-12-4-6-24(20,21)10-12)18-5-3-13-7-15-16(23-11-22-15)8-14(13)9-18/h7-8,12H,1-6,9-11H2. The van der Waals surface area contributed by atoms with E-state index in [9.17, 15) is 13.2 Å². The first-order valence-electron chi connectivity index (χ1n) is 8.40. The molecule has 0 saturated carbocycles. The van der Waals surface area contributed by atoms with Gasteiger partial charge < -0.3 is 14.4 Å². The van der Waals surface area contributed by atoms with Gasteiger partial charge in [-0.1, -0.05) is 0 Å². The maximum Gasteiger partial charge on any atom is 0.231 e. The van der Waals surface area contributed by atoms with Gasteiger partial charge in [-0.05, 0) is 48.4 Å². The molecule has 0 aliphatic carbocycles. The highest BCUT2D eigenvalue weighted by atomic mass is 32.2. The van der Waals surface area contributed by atoms with Crippen LogP contribution in [0.4, 0.5) is 0 Å². The van der Waals surface area contributed by atoms with Crippen LogP contribution in [0.1, 0.15) is 30.4 Å². The zero-order chi connectivity index (χ0) is 16.7. The maximum absolute atomic E-state index is 12.5. The molecule has 3 aliphatic rings. The van der Waals surface area contributed by atoms with Crippen LogP contribution >= 0.6 is 0 Å². The molecular formula is C17H21NO5S. The van der Waals surface area contributed by atoms with Crippen molar-refractivity contribution in [2.75, 3.05) is 24.8 Å². The highest BCUT2D eigenvalue weighted by Gasteiger charge is 2.29. The Balaban J connectivity index is 1.37. The molecule has 6 nitrogen and oxygen atoms in total. The normalized spacial score (nSPS) is 24.0. The van der Waals surface area contributed by atoms with Crippen molar-refractivity contribution in [1.29, 1.82) is 0 Å². The average Bonchev–Trinajstić information content (AvgIpc) is 3.15. The number of carbonyl (C=O) groups is 1. The Bertz CT molecular complexity index is 773. The molecule has 1 amide bonds. The lowest BCUT2D eigenvalue weighted by Gasteiger charge is -2.29. The summed E-state index contributed by atoms with van der Waals surface area (Å²) in [6.07, 6.45) is 2.61. The lowest BCUT2D eigenvalue weighted by molar-refractivity contribution is -0.132. The van der Waals surface area contributed by atoms with Gasteiger partial charge in [-0.25, -0.2) is 8.42 Å². The number of nitrogens with zero attached hydrogens (tertiary/aromatic N) is 1. The van der Waals surface area contributed by atoms with Crippen molar-refractivity contribution >= 4 is 15.7 Å². The Morgan fingerprint density at radius 2 is 1.96 bits per heavy atom. The van der Waals surface area contributed by atoms with Gasteiger partial charge in [-0.15, -0.1) is 0 Å². The summed E-state index contributed by atoms with van der Waals surface area (Å²) >= 11 is 0. The van der Waals surface area contributed by atoms with E-state index in [2.05, 4.69) is 0 Å². The Hall–Kier alpha value is -1.76. The Labute approximate surface area is 141 Å². The predicted molar refractivity (Wildman–Crippen MR) is 87.7 cm³/mol. The fourth-order valence-corrected chi connectivity index (χ4v) is 5.66. The number of amides is 1. The Morgan fingerprint density at radius 1 is 1.21 bits per heavy atom. The SMILES string of the molecule is O=C(CCC1CCS(=O)(=O)C1)N1CCc2cc3c(cc2C1)OCO3. The number of ether oxygens (including phenoxy) is 2. The second kappa shape index (κ2) is 5.95. The predicted octanol–water partition coefficient (Wildman–Crippen LogP) is 1.51. The molecule has 3 aliphatic heterocycles. The zero-order valence-corrected chi connectivity index (χ0v) is 14.3. The Morgan fingerprint density at radius 3 is 2.67 bits per heavy atom. The van der Waals surface area contributed by atoms with Crippen molar-refractivity contribution in [1.82, 2.24) is 4.90 Å². The lowest BCUT2D eigenvalue weighted by atomic mass is 9.97. The Kier molecular flexibility index (Phi) is 3.90. The highest BCUT2D eigenvalue weighted by Crippen LogP contribution is 2.37. The van der Waals surface area contributed by atoms with Gasteiger partial charge >= 0.3 is 0 Å². The summed E-state index contributed by atoms with van der Waals surface area (Å²) in [5.74, 6) is 2.31. The molecule has 1 atom stereocenters. The molecule has 1 aromatic carbocycles. The van der Waals surface area contributed by atoms with E-state index >= 15 is 0 Å². The van der Waals surface area contributed by atoms with Gasteiger partial charge in [0.1, 0.15) is 0 Å². The fraction of sp³-hybridized carbons (Fsp3) is 0.588. The number of hydrogen-bond acceptors (Lipinski definition) is 5. The van der Waals surface area contributed by atoms with Crippen LogP contribution in [0.25, 0.3) is 0 Å². The monoisotopic (exact) mass is 351 g/mol. The van der Waals surface area contributed by atoms with E-state index in [0.29, 0.717) is 32.4 Å². The van der Waals surface area contributed by atoms with Crippen molar-refractivity contribution in [3.63, 3.8) is 0 Å². The molecule has 130 valence electrons. The molecule has 0 N–H and O–H groups in total. The summed E-state index contributed by atoms with van der Waals surface area (Å²) < 4.78 is 33.8. The van der Waals surface area contributed by atoms with E-state index in [1.54, 1.807) is 0 Å². The van der Waals surface area contributed by atoms with E-state index in [1.807, 2.05) is 17.0 Å². The minimum Gasteiger partial charge on any atom is -0.454 e. The number of carbonyl (C=O) groups excluding carboxylic acids is 1. The van der Waals surface area contributed by atoms with Gasteiger partial charge in [0.05, 0.1) is 11.5 Å². The third-order valence-electron chi connectivity index (χ3n) is 5.15. The first-order chi connectivity index (χ1) is 11.5. The number of benzene rings is 1. The van der Waals surface area contributed by atoms with Gasteiger partial charge in [0.15, 0.2) is 21.3 Å². The molecule has 1 aromatic rings. The number of sulfone groups is 1. The summed E-state index contributed by atoms with van der Waals surface area (Å²) in [5, 5.41) is 0. The first kappa shape index (κ1) is 15.7. The highest BCUT2D eigenvalue weighted by molar-refractivity contribution is 7.91. The van der Waals surface area contributed by atoms with Crippen LogP contribution in [0, 0.1) is 5.92 Å². The van der Waals surface area contributed by atoms with Gasteiger partial charge in [0, 0.05) is 19.5 Å². The quantitative estimate of drug-likeness (QED) is 0.825. The topological polar surface area (TPSA) is 72.9 Å².